The number of hydrogen-bond acceptors (Lipinski definition) is 5. The van der Waals surface area contributed by atoms with E-state index < -0.39 is 0 Å². The van der Waals surface area contributed by atoms with Crippen molar-refractivity contribution in [2.75, 3.05) is 32.5 Å². The van der Waals surface area contributed by atoms with Gasteiger partial charge in [0.05, 0.1) is 0 Å². The smallest absolute Gasteiger partial charge is 0.270 e. The summed E-state index contributed by atoms with van der Waals surface area (Å²) in [5.41, 5.74) is 3.53. The van der Waals surface area contributed by atoms with Crippen LogP contribution in [0, 0.1) is 13.8 Å². The summed E-state index contributed by atoms with van der Waals surface area (Å²) < 4.78 is 0. The van der Waals surface area contributed by atoms with Crippen LogP contribution >= 0.6 is 0 Å². The van der Waals surface area contributed by atoms with Crippen LogP contribution in [0.2, 0.25) is 0 Å². The van der Waals surface area contributed by atoms with Crippen LogP contribution in [-0.2, 0) is 6.54 Å². The van der Waals surface area contributed by atoms with Crippen molar-refractivity contribution < 1.29 is 4.79 Å². The van der Waals surface area contributed by atoms with Crippen LogP contribution < -0.4 is 10.6 Å². The van der Waals surface area contributed by atoms with E-state index in [4.69, 9.17) is 0 Å². The molecule has 6 heteroatoms. The summed E-state index contributed by atoms with van der Waals surface area (Å²) in [6, 6.07) is 9.98. The van der Waals surface area contributed by atoms with Gasteiger partial charge in [0.15, 0.2) is 0 Å². The van der Waals surface area contributed by atoms with Crippen molar-refractivity contribution in [3.05, 3.63) is 52.8 Å². The fourth-order valence-corrected chi connectivity index (χ4v) is 2.34. The van der Waals surface area contributed by atoms with E-state index in [9.17, 15) is 4.79 Å². The lowest BCUT2D eigenvalue weighted by atomic mass is 10.1. The Morgan fingerprint density at radius 1 is 1.12 bits per heavy atom. The number of carbonyl (C=O) groups is 1. The molecule has 1 aromatic carbocycles. The number of benzene rings is 1. The molecule has 1 aromatic heterocycles. The summed E-state index contributed by atoms with van der Waals surface area (Å²) in [5.74, 6) is 0.307. The third-order valence-electron chi connectivity index (χ3n) is 3.73. The Hall–Kier alpha value is -2.47. The number of hydrogen-bond donors (Lipinski definition) is 2. The first-order valence-corrected chi connectivity index (χ1v) is 8.52. The molecule has 2 N–H and O–H groups in total. The standard InChI is InChI=1S/C19H27N5O/c1-14-6-8-16(9-7-14)13-21-19-22-15(2)12-17(23-19)18(25)20-10-5-11-24(3)4/h6-9,12H,5,10-11,13H2,1-4H3,(H,20,25)(H,21,22,23). The van der Waals surface area contributed by atoms with Gasteiger partial charge in [0.25, 0.3) is 5.91 Å². The van der Waals surface area contributed by atoms with E-state index in [0.29, 0.717) is 24.7 Å². The minimum atomic E-state index is -0.164. The third-order valence-corrected chi connectivity index (χ3v) is 3.73. The van der Waals surface area contributed by atoms with Gasteiger partial charge in [-0.15, -0.1) is 0 Å². The lowest BCUT2D eigenvalue weighted by Crippen LogP contribution is -2.28. The first-order chi connectivity index (χ1) is 11.9. The maximum Gasteiger partial charge on any atom is 0.270 e. The Labute approximate surface area is 149 Å². The number of aryl methyl sites for hydroxylation is 2. The molecule has 0 fully saturated rings. The molecule has 0 unspecified atom stereocenters. The molecule has 0 radical (unpaired) electrons. The lowest BCUT2D eigenvalue weighted by Gasteiger charge is -2.11. The lowest BCUT2D eigenvalue weighted by molar-refractivity contribution is 0.0947. The van der Waals surface area contributed by atoms with Gasteiger partial charge in [-0.2, -0.15) is 0 Å². The zero-order valence-corrected chi connectivity index (χ0v) is 15.5. The molecule has 0 aliphatic heterocycles. The van der Waals surface area contributed by atoms with Gasteiger partial charge in [-0.3, -0.25) is 4.79 Å². The maximum absolute atomic E-state index is 12.3. The number of aromatic nitrogens is 2. The molecule has 134 valence electrons. The average molecular weight is 341 g/mol. The molecule has 0 spiro atoms. The second kappa shape index (κ2) is 9.13. The normalized spacial score (nSPS) is 10.8. The molecule has 6 nitrogen and oxygen atoms in total. The van der Waals surface area contributed by atoms with E-state index in [1.165, 1.54) is 5.56 Å². The molecule has 0 bridgehead atoms. The van der Waals surface area contributed by atoms with Gasteiger partial charge in [-0.1, -0.05) is 29.8 Å². The van der Waals surface area contributed by atoms with Gasteiger partial charge in [-0.25, -0.2) is 9.97 Å². The number of nitrogens with zero attached hydrogens (tertiary/aromatic N) is 3. The van der Waals surface area contributed by atoms with Crippen molar-refractivity contribution in [2.24, 2.45) is 0 Å². The van der Waals surface area contributed by atoms with Crippen LogP contribution in [-0.4, -0.2) is 48.0 Å². The van der Waals surface area contributed by atoms with Gasteiger partial charge >= 0.3 is 0 Å². The van der Waals surface area contributed by atoms with E-state index in [2.05, 4.69) is 56.7 Å². The summed E-state index contributed by atoms with van der Waals surface area (Å²) >= 11 is 0. The fraction of sp³-hybridized carbons (Fsp3) is 0.421. The van der Waals surface area contributed by atoms with Gasteiger partial charge in [-0.05, 0) is 52.5 Å². The second-order valence-corrected chi connectivity index (χ2v) is 6.47. The highest BCUT2D eigenvalue weighted by Crippen LogP contribution is 2.08. The first-order valence-electron chi connectivity index (χ1n) is 8.52. The van der Waals surface area contributed by atoms with Crippen LogP contribution in [0.25, 0.3) is 0 Å². The Morgan fingerprint density at radius 2 is 1.84 bits per heavy atom. The maximum atomic E-state index is 12.3. The van der Waals surface area contributed by atoms with E-state index in [1.54, 1.807) is 6.07 Å². The molecule has 0 saturated carbocycles. The van der Waals surface area contributed by atoms with Gasteiger partial charge < -0.3 is 15.5 Å². The average Bonchev–Trinajstić information content (AvgIpc) is 2.57. The number of nitrogens with one attached hydrogen (secondary N) is 2. The fourth-order valence-electron chi connectivity index (χ4n) is 2.34. The van der Waals surface area contributed by atoms with Crippen LogP contribution in [0.15, 0.2) is 30.3 Å². The largest absolute Gasteiger partial charge is 0.351 e. The molecular weight excluding hydrogens is 314 g/mol. The zero-order chi connectivity index (χ0) is 18.2. The molecule has 0 saturated heterocycles. The van der Waals surface area contributed by atoms with E-state index in [1.807, 2.05) is 21.0 Å². The van der Waals surface area contributed by atoms with Crippen LogP contribution in [0.1, 0.15) is 33.7 Å². The SMILES string of the molecule is Cc1ccc(CNc2nc(C)cc(C(=O)NCCCN(C)C)n2)cc1. The summed E-state index contributed by atoms with van der Waals surface area (Å²) in [4.78, 5) is 23.0. The molecule has 2 aromatic rings. The molecular formula is C19H27N5O. The van der Waals surface area contributed by atoms with E-state index in [-0.39, 0.29) is 5.91 Å². The zero-order valence-electron chi connectivity index (χ0n) is 15.5. The van der Waals surface area contributed by atoms with Crippen molar-refractivity contribution in [2.45, 2.75) is 26.8 Å². The van der Waals surface area contributed by atoms with E-state index in [0.717, 1.165) is 24.2 Å². The minimum absolute atomic E-state index is 0.164. The topological polar surface area (TPSA) is 70.2 Å². The number of carbonyl (C=O) groups excluding carboxylic acids is 1. The van der Waals surface area contributed by atoms with Gasteiger partial charge in [0.1, 0.15) is 5.69 Å². The molecule has 2 rings (SSSR count). The molecule has 1 amide bonds. The Kier molecular flexibility index (Phi) is 6.89. The molecule has 0 atom stereocenters. The monoisotopic (exact) mass is 341 g/mol. The molecule has 0 aliphatic carbocycles. The van der Waals surface area contributed by atoms with Crippen molar-refractivity contribution in [3.8, 4) is 0 Å². The first kappa shape index (κ1) is 18.9. The van der Waals surface area contributed by atoms with Crippen molar-refractivity contribution >= 4 is 11.9 Å². The van der Waals surface area contributed by atoms with Gasteiger partial charge in [0, 0.05) is 18.8 Å². The highest BCUT2D eigenvalue weighted by molar-refractivity contribution is 5.92. The highest BCUT2D eigenvalue weighted by atomic mass is 16.1. The van der Waals surface area contributed by atoms with Crippen LogP contribution in [0.3, 0.4) is 0 Å². The highest BCUT2D eigenvalue weighted by Gasteiger charge is 2.10. The predicted octanol–water partition coefficient (Wildman–Crippen LogP) is 2.39. The number of rotatable bonds is 8. The quantitative estimate of drug-likeness (QED) is 0.722. The van der Waals surface area contributed by atoms with Crippen molar-refractivity contribution in [1.82, 2.24) is 20.2 Å². The van der Waals surface area contributed by atoms with E-state index >= 15 is 0 Å². The number of anilines is 1. The molecule has 0 aliphatic rings. The summed E-state index contributed by atoms with van der Waals surface area (Å²) in [5, 5.41) is 6.09. The van der Waals surface area contributed by atoms with Crippen molar-refractivity contribution in [1.29, 1.82) is 0 Å². The second-order valence-electron chi connectivity index (χ2n) is 6.47. The Morgan fingerprint density at radius 3 is 2.52 bits per heavy atom. The molecule has 25 heavy (non-hydrogen) atoms. The summed E-state index contributed by atoms with van der Waals surface area (Å²) in [6.45, 7) is 6.11. The van der Waals surface area contributed by atoms with Gasteiger partial charge in [0.2, 0.25) is 5.95 Å². The predicted molar refractivity (Wildman–Crippen MR) is 101 cm³/mol. The minimum Gasteiger partial charge on any atom is -0.351 e. The Balaban J connectivity index is 1.94. The summed E-state index contributed by atoms with van der Waals surface area (Å²) in [6.07, 6.45) is 0.904. The summed E-state index contributed by atoms with van der Waals surface area (Å²) in [7, 11) is 4.03. The van der Waals surface area contributed by atoms with Crippen LogP contribution in [0.5, 0.6) is 0 Å². The molecule has 1 heterocycles. The third kappa shape index (κ3) is 6.51. The van der Waals surface area contributed by atoms with Crippen molar-refractivity contribution in [3.63, 3.8) is 0 Å². The van der Waals surface area contributed by atoms with Crippen LogP contribution in [0.4, 0.5) is 5.95 Å². The number of amides is 1. The Bertz CT molecular complexity index is 697.